The van der Waals surface area contributed by atoms with Crippen LogP contribution in [0.4, 0.5) is 11.8 Å². The van der Waals surface area contributed by atoms with Crippen LogP contribution in [0.1, 0.15) is 32.1 Å². The van der Waals surface area contributed by atoms with Gasteiger partial charge in [0.25, 0.3) is 0 Å². The van der Waals surface area contributed by atoms with Crippen molar-refractivity contribution in [3.8, 4) is 0 Å². The molecule has 18 heavy (non-hydrogen) atoms. The second-order valence-corrected chi connectivity index (χ2v) is 5.84. The number of nitrogen functional groups attached to an aromatic ring is 1. The van der Waals surface area contributed by atoms with Gasteiger partial charge in [-0.2, -0.15) is 4.98 Å². The Balaban J connectivity index is 1.99. The molecular weight excluding hydrogens is 244 g/mol. The molecule has 0 aliphatic heterocycles. The molecule has 4 nitrogen and oxygen atoms in total. The number of nitrogens with two attached hydrogens (primary N) is 1. The van der Waals surface area contributed by atoms with E-state index in [-0.39, 0.29) is 0 Å². The maximum Gasteiger partial charge on any atom is 0.223 e. The fourth-order valence-electron chi connectivity index (χ4n) is 2.77. The van der Waals surface area contributed by atoms with E-state index in [2.05, 4.69) is 33.4 Å². The van der Waals surface area contributed by atoms with Gasteiger partial charge in [-0.05, 0) is 24.3 Å². The first-order chi connectivity index (χ1) is 8.75. The minimum Gasteiger partial charge on any atom is -0.368 e. The molecule has 0 radical (unpaired) electrons. The number of anilines is 2. The van der Waals surface area contributed by atoms with Crippen LogP contribution in [-0.2, 0) is 0 Å². The second kappa shape index (κ2) is 4.72. The number of nitrogens with zero attached hydrogens (tertiary/aromatic N) is 3. The Morgan fingerprint density at radius 3 is 2.83 bits per heavy atom. The average Bonchev–Trinajstić information content (AvgIpc) is 2.86. The summed E-state index contributed by atoms with van der Waals surface area (Å²) < 4.78 is 0. The van der Waals surface area contributed by atoms with E-state index in [1.807, 2.05) is 0 Å². The highest BCUT2D eigenvalue weighted by Crippen LogP contribution is 2.31. The van der Waals surface area contributed by atoms with Gasteiger partial charge in [0.05, 0.1) is 5.39 Å². The largest absolute Gasteiger partial charge is 0.368 e. The predicted octanol–water partition coefficient (Wildman–Crippen LogP) is 3.04. The summed E-state index contributed by atoms with van der Waals surface area (Å²) in [5.74, 6) is 1.37. The van der Waals surface area contributed by atoms with E-state index in [9.17, 15) is 0 Å². The topological polar surface area (TPSA) is 55.0 Å². The standard InChI is InChI=1S/C13H18N4S/c1-17(9-5-3-2-4-6-9)11-10-7-8-18-12(10)16-13(14)15-11/h7-9H,2-6H2,1H3,(H2,14,15,16). The van der Waals surface area contributed by atoms with Crippen LogP contribution < -0.4 is 10.6 Å². The molecule has 0 unspecified atom stereocenters. The van der Waals surface area contributed by atoms with Crippen LogP contribution in [0.5, 0.6) is 0 Å². The summed E-state index contributed by atoms with van der Waals surface area (Å²) in [6.45, 7) is 0. The lowest BCUT2D eigenvalue weighted by molar-refractivity contribution is 0.426. The highest BCUT2D eigenvalue weighted by atomic mass is 32.1. The van der Waals surface area contributed by atoms with Gasteiger partial charge in [-0.25, -0.2) is 4.98 Å². The summed E-state index contributed by atoms with van der Waals surface area (Å²) in [5, 5.41) is 3.18. The minimum atomic E-state index is 0.377. The lowest BCUT2D eigenvalue weighted by atomic mass is 9.94. The summed E-state index contributed by atoms with van der Waals surface area (Å²) >= 11 is 1.62. The van der Waals surface area contributed by atoms with E-state index in [0.29, 0.717) is 12.0 Å². The molecule has 0 saturated heterocycles. The van der Waals surface area contributed by atoms with Crippen molar-refractivity contribution in [1.82, 2.24) is 9.97 Å². The lowest BCUT2D eigenvalue weighted by Gasteiger charge is -2.32. The third kappa shape index (κ3) is 2.03. The molecule has 5 heteroatoms. The van der Waals surface area contributed by atoms with Crippen LogP contribution in [0, 0.1) is 0 Å². The van der Waals surface area contributed by atoms with Crippen LogP contribution in [-0.4, -0.2) is 23.1 Å². The molecule has 0 amide bonds. The molecule has 0 bridgehead atoms. The van der Waals surface area contributed by atoms with Crippen LogP contribution in [0.2, 0.25) is 0 Å². The number of fused-ring (bicyclic) bond motifs is 1. The predicted molar refractivity (Wildman–Crippen MR) is 77.1 cm³/mol. The lowest BCUT2D eigenvalue weighted by Crippen LogP contribution is -2.34. The molecule has 2 heterocycles. The van der Waals surface area contributed by atoms with Gasteiger partial charge < -0.3 is 10.6 Å². The minimum absolute atomic E-state index is 0.377. The summed E-state index contributed by atoms with van der Waals surface area (Å²) in [5.41, 5.74) is 5.81. The van der Waals surface area contributed by atoms with Crippen molar-refractivity contribution >= 4 is 33.3 Å². The van der Waals surface area contributed by atoms with Crippen molar-refractivity contribution in [2.75, 3.05) is 17.7 Å². The van der Waals surface area contributed by atoms with Crippen molar-refractivity contribution < 1.29 is 0 Å². The summed E-state index contributed by atoms with van der Waals surface area (Å²) in [7, 11) is 2.13. The Bertz CT molecular complexity index is 545. The number of hydrogen-bond donors (Lipinski definition) is 1. The Morgan fingerprint density at radius 1 is 1.28 bits per heavy atom. The molecular formula is C13H18N4S. The smallest absolute Gasteiger partial charge is 0.223 e. The maximum absolute atomic E-state index is 5.81. The van der Waals surface area contributed by atoms with Crippen molar-refractivity contribution in [2.45, 2.75) is 38.1 Å². The zero-order chi connectivity index (χ0) is 12.5. The number of rotatable bonds is 2. The van der Waals surface area contributed by atoms with E-state index in [4.69, 9.17) is 5.73 Å². The molecule has 2 aromatic heterocycles. The Labute approximate surface area is 111 Å². The summed E-state index contributed by atoms with van der Waals surface area (Å²) in [6, 6.07) is 2.69. The molecule has 0 atom stereocenters. The molecule has 2 N–H and O–H groups in total. The van der Waals surface area contributed by atoms with Crippen LogP contribution in [0.15, 0.2) is 11.4 Å². The van der Waals surface area contributed by atoms with E-state index in [0.717, 1.165) is 16.0 Å². The van der Waals surface area contributed by atoms with Gasteiger partial charge in [0.15, 0.2) is 0 Å². The Morgan fingerprint density at radius 2 is 2.06 bits per heavy atom. The molecule has 1 aliphatic rings. The molecule has 1 aliphatic carbocycles. The number of aromatic nitrogens is 2. The van der Waals surface area contributed by atoms with Gasteiger partial charge >= 0.3 is 0 Å². The third-order valence-corrected chi connectivity index (χ3v) is 4.59. The molecule has 96 valence electrons. The average molecular weight is 262 g/mol. The molecule has 3 rings (SSSR count). The summed E-state index contributed by atoms with van der Waals surface area (Å²) in [4.78, 5) is 12.0. The van der Waals surface area contributed by atoms with Crippen molar-refractivity contribution in [3.05, 3.63) is 11.4 Å². The molecule has 2 aromatic rings. The van der Waals surface area contributed by atoms with Gasteiger partial charge in [-0.15, -0.1) is 11.3 Å². The first kappa shape index (κ1) is 11.7. The zero-order valence-electron chi connectivity index (χ0n) is 10.6. The van der Waals surface area contributed by atoms with Crippen molar-refractivity contribution in [1.29, 1.82) is 0 Å². The first-order valence-electron chi connectivity index (χ1n) is 6.49. The second-order valence-electron chi connectivity index (χ2n) is 4.95. The first-order valence-corrected chi connectivity index (χ1v) is 7.37. The molecule has 1 fully saturated rings. The van der Waals surface area contributed by atoms with Gasteiger partial charge in [0.1, 0.15) is 10.6 Å². The van der Waals surface area contributed by atoms with E-state index < -0.39 is 0 Å². The fourth-order valence-corrected chi connectivity index (χ4v) is 3.53. The van der Waals surface area contributed by atoms with E-state index in [1.54, 1.807) is 11.3 Å². The van der Waals surface area contributed by atoms with Crippen molar-refractivity contribution in [2.24, 2.45) is 0 Å². The van der Waals surface area contributed by atoms with Crippen LogP contribution in [0.25, 0.3) is 10.2 Å². The Kier molecular flexibility index (Phi) is 3.07. The molecule has 0 aromatic carbocycles. The molecule has 1 saturated carbocycles. The van der Waals surface area contributed by atoms with E-state index in [1.165, 1.54) is 32.1 Å². The number of thiophene rings is 1. The van der Waals surface area contributed by atoms with Gasteiger partial charge in [0, 0.05) is 13.1 Å². The normalized spacial score (nSPS) is 17.2. The van der Waals surface area contributed by atoms with Crippen molar-refractivity contribution in [3.63, 3.8) is 0 Å². The maximum atomic E-state index is 5.81. The highest BCUT2D eigenvalue weighted by molar-refractivity contribution is 7.16. The fraction of sp³-hybridized carbons (Fsp3) is 0.538. The zero-order valence-corrected chi connectivity index (χ0v) is 11.4. The van der Waals surface area contributed by atoms with E-state index >= 15 is 0 Å². The SMILES string of the molecule is CN(c1nc(N)nc2sccc12)C1CCCCC1. The van der Waals surface area contributed by atoms with Gasteiger partial charge in [0.2, 0.25) is 5.95 Å². The van der Waals surface area contributed by atoms with Gasteiger partial charge in [-0.1, -0.05) is 19.3 Å². The number of hydrogen-bond acceptors (Lipinski definition) is 5. The Hall–Kier alpha value is -1.36. The summed E-state index contributed by atoms with van der Waals surface area (Å²) in [6.07, 6.45) is 6.52. The highest BCUT2D eigenvalue weighted by Gasteiger charge is 2.21. The molecule has 0 spiro atoms. The third-order valence-electron chi connectivity index (χ3n) is 3.78. The monoisotopic (exact) mass is 262 g/mol. The van der Waals surface area contributed by atoms with Crippen LogP contribution in [0.3, 0.4) is 0 Å². The quantitative estimate of drug-likeness (QED) is 0.903. The van der Waals surface area contributed by atoms with Crippen LogP contribution >= 0.6 is 11.3 Å². The van der Waals surface area contributed by atoms with Gasteiger partial charge in [-0.3, -0.25) is 0 Å².